The average molecular weight is 390 g/mol. The van der Waals surface area contributed by atoms with Crippen molar-refractivity contribution in [3.63, 3.8) is 0 Å². The number of benzene rings is 2. The van der Waals surface area contributed by atoms with Crippen LogP contribution < -0.4 is 24.8 Å². The van der Waals surface area contributed by atoms with E-state index in [4.69, 9.17) is 14.2 Å². The van der Waals surface area contributed by atoms with E-state index >= 15 is 0 Å². The Balaban J connectivity index is 1.79. The number of thioether (sulfide) groups is 1. The molecule has 2 aromatic rings. The molecule has 2 amide bonds. The number of amides is 2. The van der Waals surface area contributed by atoms with Crippen molar-refractivity contribution in [3.05, 3.63) is 42.5 Å². The number of ether oxygens (including phenoxy) is 3. The standard InChI is InChI=1S/C19H22N2O5S/c1-24-14-6-4-13(5-7-14)20-18(22)11-27-12-19(23)21-16-10-15(25-2)8-9-17(16)26-3/h4-10H,11-12H2,1-3H3,(H,20,22)(H,21,23). The molecule has 0 unspecified atom stereocenters. The van der Waals surface area contributed by atoms with Crippen molar-refractivity contribution in [2.45, 2.75) is 0 Å². The van der Waals surface area contributed by atoms with Gasteiger partial charge in [0, 0.05) is 11.8 Å². The SMILES string of the molecule is COc1ccc(NC(=O)CSCC(=O)Nc2cc(OC)ccc2OC)cc1. The maximum absolute atomic E-state index is 12.1. The minimum absolute atomic E-state index is 0.135. The van der Waals surface area contributed by atoms with Crippen LogP contribution in [0.1, 0.15) is 0 Å². The van der Waals surface area contributed by atoms with Crippen LogP contribution in [0.2, 0.25) is 0 Å². The first-order valence-corrected chi connectivity index (χ1v) is 9.24. The highest BCUT2D eigenvalue weighted by molar-refractivity contribution is 8.00. The van der Waals surface area contributed by atoms with E-state index in [2.05, 4.69) is 10.6 Å². The molecule has 27 heavy (non-hydrogen) atoms. The molecule has 0 saturated heterocycles. The first-order chi connectivity index (χ1) is 13.0. The number of anilines is 2. The van der Waals surface area contributed by atoms with Gasteiger partial charge in [-0.1, -0.05) is 0 Å². The van der Waals surface area contributed by atoms with Crippen molar-refractivity contribution in [1.82, 2.24) is 0 Å². The Kier molecular flexibility index (Phi) is 7.81. The summed E-state index contributed by atoms with van der Waals surface area (Å²) in [4.78, 5) is 24.1. The quantitative estimate of drug-likeness (QED) is 0.685. The Morgan fingerprint density at radius 2 is 1.41 bits per heavy atom. The lowest BCUT2D eigenvalue weighted by Gasteiger charge is -2.11. The highest BCUT2D eigenvalue weighted by Gasteiger charge is 2.10. The molecule has 2 N–H and O–H groups in total. The van der Waals surface area contributed by atoms with Gasteiger partial charge in [0.15, 0.2) is 0 Å². The number of rotatable bonds is 9. The number of methoxy groups -OCH3 is 3. The lowest BCUT2D eigenvalue weighted by atomic mass is 10.2. The Morgan fingerprint density at radius 1 is 0.815 bits per heavy atom. The van der Waals surface area contributed by atoms with Crippen LogP contribution in [0.3, 0.4) is 0 Å². The molecule has 0 atom stereocenters. The van der Waals surface area contributed by atoms with Gasteiger partial charge < -0.3 is 24.8 Å². The van der Waals surface area contributed by atoms with Crippen LogP contribution in [-0.4, -0.2) is 44.6 Å². The second-order valence-electron chi connectivity index (χ2n) is 5.38. The zero-order chi connectivity index (χ0) is 19.6. The molecule has 2 aromatic carbocycles. The first-order valence-electron chi connectivity index (χ1n) is 8.09. The molecule has 144 valence electrons. The second-order valence-corrected chi connectivity index (χ2v) is 6.37. The van der Waals surface area contributed by atoms with Gasteiger partial charge in [-0.05, 0) is 36.4 Å². The molecule has 0 saturated carbocycles. The van der Waals surface area contributed by atoms with Crippen molar-refractivity contribution in [2.24, 2.45) is 0 Å². The van der Waals surface area contributed by atoms with E-state index in [0.717, 1.165) is 0 Å². The summed E-state index contributed by atoms with van der Waals surface area (Å²) >= 11 is 1.22. The second kappa shape index (κ2) is 10.3. The average Bonchev–Trinajstić information content (AvgIpc) is 2.68. The van der Waals surface area contributed by atoms with E-state index in [1.165, 1.54) is 18.9 Å². The van der Waals surface area contributed by atoms with Gasteiger partial charge in [0.2, 0.25) is 11.8 Å². The molecule has 0 heterocycles. The Bertz CT molecular complexity index is 780. The van der Waals surface area contributed by atoms with E-state index in [1.54, 1.807) is 56.7 Å². The maximum atomic E-state index is 12.1. The van der Waals surface area contributed by atoms with Gasteiger partial charge in [0.1, 0.15) is 17.2 Å². The Hall–Kier alpha value is -2.87. The Morgan fingerprint density at radius 3 is 2.00 bits per heavy atom. The smallest absolute Gasteiger partial charge is 0.234 e. The maximum Gasteiger partial charge on any atom is 0.234 e. The van der Waals surface area contributed by atoms with Gasteiger partial charge >= 0.3 is 0 Å². The third kappa shape index (κ3) is 6.41. The zero-order valence-electron chi connectivity index (χ0n) is 15.4. The first kappa shape index (κ1) is 20.4. The largest absolute Gasteiger partial charge is 0.497 e. The van der Waals surface area contributed by atoms with Crippen LogP contribution in [-0.2, 0) is 9.59 Å². The number of carbonyl (C=O) groups excluding carboxylic acids is 2. The van der Waals surface area contributed by atoms with Crippen molar-refractivity contribution >= 4 is 35.0 Å². The number of carbonyl (C=O) groups is 2. The van der Waals surface area contributed by atoms with Crippen LogP contribution in [0.25, 0.3) is 0 Å². The molecule has 0 aliphatic carbocycles. The van der Waals surface area contributed by atoms with E-state index in [1.807, 2.05) is 0 Å². The van der Waals surface area contributed by atoms with Crippen LogP contribution >= 0.6 is 11.8 Å². The minimum atomic E-state index is -0.233. The summed E-state index contributed by atoms with van der Waals surface area (Å²) in [6.07, 6.45) is 0. The molecule has 0 aliphatic heterocycles. The summed E-state index contributed by atoms with van der Waals surface area (Å²) in [5.74, 6) is 1.74. The van der Waals surface area contributed by atoms with Crippen LogP contribution in [0.5, 0.6) is 17.2 Å². The summed E-state index contributed by atoms with van der Waals surface area (Å²) in [5.41, 5.74) is 1.19. The van der Waals surface area contributed by atoms with Crippen molar-refractivity contribution < 1.29 is 23.8 Å². The third-order valence-electron chi connectivity index (χ3n) is 3.52. The molecule has 0 spiro atoms. The molecule has 0 radical (unpaired) electrons. The van der Waals surface area contributed by atoms with Crippen LogP contribution in [0, 0.1) is 0 Å². The third-order valence-corrected chi connectivity index (χ3v) is 4.45. The van der Waals surface area contributed by atoms with Crippen molar-refractivity contribution in [2.75, 3.05) is 43.5 Å². The van der Waals surface area contributed by atoms with Gasteiger partial charge in [-0.3, -0.25) is 9.59 Å². The van der Waals surface area contributed by atoms with Gasteiger partial charge in [-0.15, -0.1) is 11.8 Å². The summed E-state index contributed by atoms with van der Waals surface area (Å²) in [6, 6.07) is 12.2. The fourth-order valence-electron chi connectivity index (χ4n) is 2.21. The van der Waals surface area contributed by atoms with Crippen LogP contribution in [0.15, 0.2) is 42.5 Å². The number of nitrogens with one attached hydrogen (secondary N) is 2. The van der Waals surface area contributed by atoms with E-state index in [9.17, 15) is 9.59 Å². The van der Waals surface area contributed by atoms with Gasteiger partial charge in [0.25, 0.3) is 0 Å². The minimum Gasteiger partial charge on any atom is -0.497 e. The number of hydrogen-bond donors (Lipinski definition) is 2. The summed E-state index contributed by atoms with van der Waals surface area (Å²) < 4.78 is 15.4. The van der Waals surface area contributed by atoms with Gasteiger partial charge in [-0.25, -0.2) is 0 Å². The highest BCUT2D eigenvalue weighted by Crippen LogP contribution is 2.29. The molecule has 0 aliphatic rings. The predicted molar refractivity (Wildman–Crippen MR) is 107 cm³/mol. The van der Waals surface area contributed by atoms with Gasteiger partial charge in [-0.2, -0.15) is 0 Å². The summed E-state index contributed by atoms with van der Waals surface area (Å²) in [5, 5.41) is 5.53. The molecule has 8 heteroatoms. The molecule has 2 rings (SSSR count). The van der Waals surface area contributed by atoms with Crippen molar-refractivity contribution in [1.29, 1.82) is 0 Å². The number of hydrogen-bond acceptors (Lipinski definition) is 6. The fraction of sp³-hybridized carbons (Fsp3) is 0.263. The van der Waals surface area contributed by atoms with Crippen LogP contribution in [0.4, 0.5) is 11.4 Å². The molecule has 0 aromatic heterocycles. The molecular weight excluding hydrogens is 368 g/mol. The molecule has 0 bridgehead atoms. The zero-order valence-corrected chi connectivity index (χ0v) is 16.2. The van der Waals surface area contributed by atoms with E-state index in [-0.39, 0.29) is 23.3 Å². The fourth-order valence-corrected chi connectivity index (χ4v) is 2.82. The topological polar surface area (TPSA) is 85.9 Å². The van der Waals surface area contributed by atoms with E-state index in [0.29, 0.717) is 28.6 Å². The lowest BCUT2D eigenvalue weighted by molar-refractivity contribution is -0.114. The monoisotopic (exact) mass is 390 g/mol. The normalized spacial score (nSPS) is 10.0. The highest BCUT2D eigenvalue weighted by atomic mass is 32.2. The summed E-state index contributed by atoms with van der Waals surface area (Å²) in [7, 11) is 4.65. The lowest BCUT2D eigenvalue weighted by Crippen LogP contribution is -2.18. The molecule has 0 fully saturated rings. The van der Waals surface area contributed by atoms with E-state index < -0.39 is 0 Å². The predicted octanol–water partition coefficient (Wildman–Crippen LogP) is 3.02. The molecular formula is C19H22N2O5S. The summed E-state index contributed by atoms with van der Waals surface area (Å²) in [6.45, 7) is 0. The Labute approximate surface area is 162 Å². The molecule has 7 nitrogen and oxygen atoms in total. The van der Waals surface area contributed by atoms with Gasteiger partial charge in [0.05, 0.1) is 38.5 Å². The van der Waals surface area contributed by atoms with Crippen molar-refractivity contribution in [3.8, 4) is 17.2 Å².